The van der Waals surface area contributed by atoms with Gasteiger partial charge in [0.05, 0.1) is 6.42 Å². The Morgan fingerprint density at radius 3 is 2.50 bits per heavy atom. The minimum absolute atomic E-state index is 0.174. The Labute approximate surface area is 156 Å². The van der Waals surface area contributed by atoms with Crippen LogP contribution >= 0.6 is 11.3 Å². The Bertz CT molecular complexity index is 981. The van der Waals surface area contributed by atoms with Gasteiger partial charge in [-0.2, -0.15) is 0 Å². The van der Waals surface area contributed by atoms with E-state index < -0.39 is 10.0 Å². The summed E-state index contributed by atoms with van der Waals surface area (Å²) in [4.78, 5) is 16.2. The molecular formula is C18H17N3O3S2. The van der Waals surface area contributed by atoms with Gasteiger partial charge in [-0.25, -0.2) is 13.4 Å². The average molecular weight is 387 g/mol. The molecule has 0 radical (unpaired) electrons. The van der Waals surface area contributed by atoms with E-state index in [-0.39, 0.29) is 16.5 Å². The molecule has 8 heteroatoms. The van der Waals surface area contributed by atoms with Crippen LogP contribution in [0.2, 0.25) is 0 Å². The summed E-state index contributed by atoms with van der Waals surface area (Å²) >= 11 is 1.15. The highest BCUT2D eigenvalue weighted by Crippen LogP contribution is 2.20. The van der Waals surface area contributed by atoms with E-state index in [9.17, 15) is 13.2 Å². The number of carbonyl (C=O) groups is 1. The highest BCUT2D eigenvalue weighted by atomic mass is 32.2. The molecule has 26 heavy (non-hydrogen) atoms. The zero-order valence-electron chi connectivity index (χ0n) is 14.0. The molecule has 0 aliphatic rings. The number of aromatic nitrogens is 1. The second kappa shape index (κ2) is 7.67. The van der Waals surface area contributed by atoms with Gasteiger partial charge in [-0.05, 0) is 47.7 Å². The monoisotopic (exact) mass is 387 g/mol. The predicted octanol–water partition coefficient (Wildman–Crippen LogP) is 3.43. The molecule has 0 aliphatic heterocycles. The summed E-state index contributed by atoms with van der Waals surface area (Å²) < 4.78 is 27.1. The van der Waals surface area contributed by atoms with E-state index in [0.717, 1.165) is 22.5 Å². The highest BCUT2D eigenvalue weighted by molar-refractivity contribution is 7.94. The summed E-state index contributed by atoms with van der Waals surface area (Å²) in [5.41, 5.74) is 2.24. The summed E-state index contributed by atoms with van der Waals surface area (Å²) in [6.07, 6.45) is 1.86. The van der Waals surface area contributed by atoms with Crippen molar-refractivity contribution in [1.29, 1.82) is 0 Å². The Balaban J connectivity index is 1.60. The van der Waals surface area contributed by atoms with E-state index in [1.165, 1.54) is 0 Å². The lowest BCUT2D eigenvalue weighted by molar-refractivity contribution is -0.115. The van der Waals surface area contributed by atoms with Gasteiger partial charge < -0.3 is 5.32 Å². The Kier molecular flexibility index (Phi) is 5.34. The molecule has 134 valence electrons. The fraction of sp³-hybridized carbons (Fsp3) is 0.111. The summed E-state index contributed by atoms with van der Waals surface area (Å²) in [5.74, 6) is 0.314. The van der Waals surface area contributed by atoms with E-state index in [2.05, 4.69) is 15.0 Å². The smallest absolute Gasteiger partial charge is 0.271 e. The Morgan fingerprint density at radius 1 is 1.12 bits per heavy atom. The van der Waals surface area contributed by atoms with Crippen molar-refractivity contribution in [3.05, 3.63) is 71.2 Å². The van der Waals surface area contributed by atoms with Crippen molar-refractivity contribution in [2.75, 3.05) is 10.0 Å². The lowest BCUT2D eigenvalue weighted by atomic mass is 10.1. The molecule has 0 saturated carbocycles. The maximum absolute atomic E-state index is 12.2. The minimum atomic E-state index is -3.57. The summed E-state index contributed by atoms with van der Waals surface area (Å²) in [6, 6.07) is 13.6. The van der Waals surface area contributed by atoms with E-state index in [1.807, 2.05) is 13.0 Å². The molecule has 0 spiro atoms. The van der Waals surface area contributed by atoms with Crippen molar-refractivity contribution < 1.29 is 13.2 Å². The van der Waals surface area contributed by atoms with Crippen molar-refractivity contribution in [1.82, 2.24) is 4.98 Å². The molecule has 2 heterocycles. The number of pyridine rings is 1. The van der Waals surface area contributed by atoms with Gasteiger partial charge >= 0.3 is 0 Å². The fourth-order valence-corrected chi connectivity index (χ4v) is 4.28. The summed E-state index contributed by atoms with van der Waals surface area (Å²) in [6.45, 7) is 1.92. The molecule has 6 nitrogen and oxygen atoms in total. The van der Waals surface area contributed by atoms with Gasteiger partial charge in [-0.3, -0.25) is 9.52 Å². The molecular weight excluding hydrogens is 370 g/mol. The maximum atomic E-state index is 12.2. The predicted molar refractivity (Wildman–Crippen MR) is 103 cm³/mol. The van der Waals surface area contributed by atoms with Crippen molar-refractivity contribution in [2.45, 2.75) is 17.6 Å². The third-order valence-electron chi connectivity index (χ3n) is 3.51. The molecule has 1 aromatic carbocycles. The normalized spacial score (nSPS) is 11.1. The molecule has 1 amide bonds. The number of thiophene rings is 1. The zero-order valence-corrected chi connectivity index (χ0v) is 15.6. The maximum Gasteiger partial charge on any atom is 0.271 e. The number of carbonyl (C=O) groups excluding carboxylic acids is 1. The van der Waals surface area contributed by atoms with Crippen molar-refractivity contribution in [3.8, 4) is 0 Å². The van der Waals surface area contributed by atoms with Gasteiger partial charge in [0.1, 0.15) is 10.0 Å². The first-order chi connectivity index (χ1) is 12.4. The number of rotatable bonds is 6. The van der Waals surface area contributed by atoms with Crippen molar-refractivity contribution in [2.24, 2.45) is 0 Å². The largest absolute Gasteiger partial charge is 0.310 e. The lowest BCUT2D eigenvalue weighted by Gasteiger charge is -2.08. The van der Waals surface area contributed by atoms with Gasteiger partial charge in [0.15, 0.2) is 0 Å². The third-order valence-corrected chi connectivity index (χ3v) is 6.29. The highest BCUT2D eigenvalue weighted by Gasteiger charge is 2.15. The zero-order chi connectivity index (χ0) is 18.6. The van der Waals surface area contributed by atoms with Gasteiger partial charge in [0.25, 0.3) is 10.0 Å². The number of sulfonamides is 1. The van der Waals surface area contributed by atoms with Crippen LogP contribution in [0.4, 0.5) is 11.5 Å². The number of nitrogens with one attached hydrogen (secondary N) is 2. The molecule has 3 rings (SSSR count). The van der Waals surface area contributed by atoms with E-state index >= 15 is 0 Å². The number of aryl methyl sites for hydroxylation is 1. The van der Waals surface area contributed by atoms with Gasteiger partial charge in [-0.1, -0.05) is 24.3 Å². The van der Waals surface area contributed by atoms with Crippen molar-refractivity contribution in [3.63, 3.8) is 0 Å². The van der Waals surface area contributed by atoms with Crippen LogP contribution in [0, 0.1) is 6.92 Å². The first kappa shape index (κ1) is 18.1. The number of hydrogen-bond donors (Lipinski definition) is 2. The lowest BCUT2D eigenvalue weighted by Crippen LogP contribution is -2.15. The van der Waals surface area contributed by atoms with Crippen molar-refractivity contribution >= 4 is 38.8 Å². The van der Waals surface area contributed by atoms with Crippen LogP contribution in [0.5, 0.6) is 0 Å². The van der Waals surface area contributed by atoms with Crippen LogP contribution in [0.25, 0.3) is 0 Å². The molecule has 0 saturated heterocycles. The SMILES string of the molecule is Cc1ccc(NC(=O)Cc2ccc(NS(=O)(=O)c3cccs3)cc2)nc1. The van der Waals surface area contributed by atoms with E-state index in [1.54, 1.807) is 54.0 Å². The van der Waals surface area contributed by atoms with Gasteiger partial charge in [-0.15, -0.1) is 11.3 Å². The fourth-order valence-electron chi connectivity index (χ4n) is 2.23. The molecule has 0 bridgehead atoms. The van der Waals surface area contributed by atoms with E-state index in [4.69, 9.17) is 0 Å². The quantitative estimate of drug-likeness (QED) is 0.678. The standard InChI is InChI=1S/C18H17N3O3S2/c1-13-4-9-16(19-12-13)20-17(22)11-14-5-7-15(8-6-14)21-26(23,24)18-3-2-10-25-18/h2-10,12,21H,11H2,1H3,(H,19,20,22). The molecule has 3 aromatic rings. The van der Waals surface area contributed by atoms with Crippen LogP contribution in [-0.2, 0) is 21.2 Å². The first-order valence-corrected chi connectivity index (χ1v) is 10.2. The Hall–Kier alpha value is -2.71. The molecule has 2 aromatic heterocycles. The topological polar surface area (TPSA) is 88.2 Å². The average Bonchev–Trinajstić information content (AvgIpc) is 3.14. The summed E-state index contributed by atoms with van der Waals surface area (Å²) in [5, 5.41) is 4.44. The molecule has 0 aliphatic carbocycles. The van der Waals surface area contributed by atoms with E-state index in [0.29, 0.717) is 11.5 Å². The number of hydrogen-bond acceptors (Lipinski definition) is 5. The minimum Gasteiger partial charge on any atom is -0.310 e. The molecule has 0 fully saturated rings. The number of nitrogens with zero attached hydrogens (tertiary/aromatic N) is 1. The van der Waals surface area contributed by atoms with Crippen LogP contribution in [0.15, 0.2) is 64.3 Å². The number of anilines is 2. The Morgan fingerprint density at radius 2 is 1.88 bits per heavy atom. The van der Waals surface area contributed by atoms with Gasteiger partial charge in [0.2, 0.25) is 5.91 Å². The number of benzene rings is 1. The molecule has 0 atom stereocenters. The molecule has 2 N–H and O–H groups in total. The van der Waals surface area contributed by atoms with Crippen LogP contribution in [-0.4, -0.2) is 19.3 Å². The van der Waals surface area contributed by atoms with Crippen LogP contribution in [0.3, 0.4) is 0 Å². The second-order valence-corrected chi connectivity index (χ2v) is 8.54. The van der Waals surface area contributed by atoms with Crippen LogP contribution < -0.4 is 10.0 Å². The van der Waals surface area contributed by atoms with Crippen LogP contribution in [0.1, 0.15) is 11.1 Å². The van der Waals surface area contributed by atoms with Gasteiger partial charge in [0, 0.05) is 11.9 Å². The second-order valence-electron chi connectivity index (χ2n) is 5.68. The molecule has 0 unspecified atom stereocenters. The third kappa shape index (κ3) is 4.68. The summed E-state index contributed by atoms with van der Waals surface area (Å²) in [7, 11) is -3.57. The number of amides is 1. The first-order valence-electron chi connectivity index (χ1n) is 7.80.